The minimum absolute atomic E-state index is 0.234. The van der Waals surface area contributed by atoms with E-state index in [0.29, 0.717) is 12.4 Å². The standard InChI is InChI=1S/C16H15FN4S/c1-10-20-14-9-18-15(22-2)7-13(14)16(21-10)19-8-11-3-5-12(17)6-4-11/h3-7,9H,8H2,1-2H3,(H,19,20,21). The quantitative estimate of drug-likeness (QED) is 0.742. The van der Waals surface area contributed by atoms with Gasteiger partial charge in [0.15, 0.2) is 0 Å². The van der Waals surface area contributed by atoms with Gasteiger partial charge < -0.3 is 5.32 Å². The molecule has 0 atom stereocenters. The Morgan fingerprint density at radius 1 is 1.18 bits per heavy atom. The van der Waals surface area contributed by atoms with E-state index in [1.54, 1.807) is 30.1 Å². The smallest absolute Gasteiger partial charge is 0.138 e. The number of pyridine rings is 1. The molecule has 3 rings (SSSR count). The van der Waals surface area contributed by atoms with Gasteiger partial charge in [0.05, 0.1) is 16.7 Å². The molecule has 0 aliphatic carbocycles. The van der Waals surface area contributed by atoms with Gasteiger partial charge in [0.25, 0.3) is 0 Å². The van der Waals surface area contributed by atoms with Gasteiger partial charge in [0.2, 0.25) is 0 Å². The molecule has 1 aromatic carbocycles. The first-order chi connectivity index (χ1) is 10.7. The fourth-order valence-electron chi connectivity index (χ4n) is 2.16. The van der Waals surface area contributed by atoms with E-state index in [2.05, 4.69) is 20.3 Å². The zero-order valence-corrected chi connectivity index (χ0v) is 13.1. The second-order valence-electron chi connectivity index (χ2n) is 4.84. The Balaban J connectivity index is 1.93. The number of nitrogens with one attached hydrogen (secondary N) is 1. The maximum absolute atomic E-state index is 12.9. The second-order valence-corrected chi connectivity index (χ2v) is 5.67. The zero-order valence-electron chi connectivity index (χ0n) is 12.3. The normalized spacial score (nSPS) is 10.9. The molecular weight excluding hydrogens is 299 g/mol. The molecule has 4 nitrogen and oxygen atoms in total. The van der Waals surface area contributed by atoms with Gasteiger partial charge in [-0.1, -0.05) is 12.1 Å². The third kappa shape index (κ3) is 3.17. The highest BCUT2D eigenvalue weighted by Crippen LogP contribution is 2.24. The number of halogens is 1. The number of aromatic nitrogens is 3. The molecule has 0 aliphatic heterocycles. The summed E-state index contributed by atoms with van der Waals surface area (Å²) in [6, 6.07) is 8.40. The molecule has 22 heavy (non-hydrogen) atoms. The molecule has 2 aromatic heterocycles. The number of anilines is 1. The average Bonchev–Trinajstić information content (AvgIpc) is 2.53. The molecule has 6 heteroatoms. The zero-order chi connectivity index (χ0) is 15.5. The Labute approximate surface area is 132 Å². The number of hydrogen-bond donors (Lipinski definition) is 1. The number of rotatable bonds is 4. The summed E-state index contributed by atoms with van der Waals surface area (Å²) in [6.45, 7) is 2.42. The van der Waals surface area contributed by atoms with Gasteiger partial charge in [0.1, 0.15) is 17.5 Å². The lowest BCUT2D eigenvalue weighted by molar-refractivity contribution is 0.627. The molecule has 112 valence electrons. The van der Waals surface area contributed by atoms with Crippen LogP contribution in [0.15, 0.2) is 41.6 Å². The van der Waals surface area contributed by atoms with Crippen molar-refractivity contribution < 1.29 is 4.39 Å². The van der Waals surface area contributed by atoms with Crippen LogP contribution in [-0.2, 0) is 6.54 Å². The van der Waals surface area contributed by atoms with Crippen molar-refractivity contribution >= 4 is 28.5 Å². The third-order valence-corrected chi connectivity index (χ3v) is 3.89. The molecule has 0 fully saturated rings. The maximum Gasteiger partial charge on any atom is 0.138 e. The number of nitrogens with zero attached hydrogens (tertiary/aromatic N) is 3. The predicted octanol–water partition coefficient (Wildman–Crippen LogP) is 3.81. The molecule has 0 amide bonds. The molecule has 1 N–H and O–H groups in total. The van der Waals surface area contributed by atoms with Crippen LogP contribution >= 0.6 is 11.8 Å². The molecule has 0 saturated carbocycles. The van der Waals surface area contributed by atoms with E-state index in [0.717, 1.165) is 27.3 Å². The summed E-state index contributed by atoms with van der Waals surface area (Å²) < 4.78 is 12.9. The summed E-state index contributed by atoms with van der Waals surface area (Å²) >= 11 is 1.58. The van der Waals surface area contributed by atoms with Crippen LogP contribution in [0.4, 0.5) is 10.2 Å². The van der Waals surface area contributed by atoms with Crippen molar-refractivity contribution in [1.29, 1.82) is 0 Å². The highest BCUT2D eigenvalue weighted by molar-refractivity contribution is 7.98. The average molecular weight is 314 g/mol. The van der Waals surface area contributed by atoms with Crippen molar-refractivity contribution in [2.24, 2.45) is 0 Å². The van der Waals surface area contributed by atoms with Gasteiger partial charge in [-0.25, -0.2) is 19.3 Å². The molecular formula is C16H15FN4S. The first kappa shape index (κ1) is 14.7. The Morgan fingerprint density at radius 2 is 1.95 bits per heavy atom. The van der Waals surface area contributed by atoms with Crippen molar-refractivity contribution in [2.75, 3.05) is 11.6 Å². The molecule has 0 bridgehead atoms. The lowest BCUT2D eigenvalue weighted by atomic mass is 10.2. The number of benzene rings is 1. The molecule has 0 radical (unpaired) electrons. The number of hydrogen-bond acceptors (Lipinski definition) is 5. The summed E-state index contributed by atoms with van der Waals surface area (Å²) in [7, 11) is 0. The molecule has 0 saturated heterocycles. The summed E-state index contributed by atoms with van der Waals surface area (Å²) in [6.07, 6.45) is 3.74. The van der Waals surface area contributed by atoms with E-state index in [1.807, 2.05) is 19.2 Å². The van der Waals surface area contributed by atoms with Crippen LogP contribution in [0.2, 0.25) is 0 Å². The number of fused-ring (bicyclic) bond motifs is 1. The lowest BCUT2D eigenvalue weighted by Gasteiger charge is -2.10. The Bertz CT molecular complexity index is 805. The van der Waals surface area contributed by atoms with Gasteiger partial charge in [-0.05, 0) is 36.9 Å². The van der Waals surface area contributed by atoms with Crippen molar-refractivity contribution in [1.82, 2.24) is 15.0 Å². The van der Waals surface area contributed by atoms with Gasteiger partial charge >= 0.3 is 0 Å². The fourth-order valence-corrected chi connectivity index (χ4v) is 2.56. The van der Waals surface area contributed by atoms with Crippen LogP contribution < -0.4 is 5.32 Å². The first-order valence-electron chi connectivity index (χ1n) is 6.82. The van der Waals surface area contributed by atoms with E-state index in [4.69, 9.17) is 0 Å². The number of aryl methyl sites for hydroxylation is 1. The predicted molar refractivity (Wildman–Crippen MR) is 87.6 cm³/mol. The molecule has 2 heterocycles. The van der Waals surface area contributed by atoms with Crippen LogP contribution in [0, 0.1) is 12.7 Å². The molecule has 0 aliphatic rings. The molecule has 0 spiro atoms. The highest BCUT2D eigenvalue weighted by atomic mass is 32.2. The summed E-state index contributed by atoms with van der Waals surface area (Å²) in [5.74, 6) is 1.22. The van der Waals surface area contributed by atoms with Crippen LogP contribution in [0.5, 0.6) is 0 Å². The highest BCUT2D eigenvalue weighted by Gasteiger charge is 2.07. The summed E-state index contributed by atoms with van der Waals surface area (Å²) in [5.41, 5.74) is 1.80. The summed E-state index contributed by atoms with van der Waals surface area (Å²) in [4.78, 5) is 13.2. The van der Waals surface area contributed by atoms with Crippen LogP contribution in [0.1, 0.15) is 11.4 Å². The Kier molecular flexibility index (Phi) is 4.20. The van der Waals surface area contributed by atoms with Crippen LogP contribution in [-0.4, -0.2) is 21.2 Å². The third-order valence-electron chi connectivity index (χ3n) is 3.25. The van der Waals surface area contributed by atoms with Gasteiger partial charge in [0, 0.05) is 11.9 Å². The molecule has 0 unspecified atom stereocenters. The van der Waals surface area contributed by atoms with E-state index >= 15 is 0 Å². The van der Waals surface area contributed by atoms with E-state index in [-0.39, 0.29) is 5.82 Å². The Hall–Kier alpha value is -2.21. The van der Waals surface area contributed by atoms with E-state index in [9.17, 15) is 4.39 Å². The largest absolute Gasteiger partial charge is 0.365 e. The Morgan fingerprint density at radius 3 is 2.68 bits per heavy atom. The monoisotopic (exact) mass is 314 g/mol. The van der Waals surface area contributed by atoms with Gasteiger partial charge in [-0.2, -0.15) is 0 Å². The van der Waals surface area contributed by atoms with Crippen molar-refractivity contribution in [3.63, 3.8) is 0 Å². The minimum atomic E-state index is -0.234. The van der Waals surface area contributed by atoms with Crippen molar-refractivity contribution in [2.45, 2.75) is 18.5 Å². The first-order valence-corrected chi connectivity index (χ1v) is 8.05. The summed E-state index contributed by atoms with van der Waals surface area (Å²) in [5, 5.41) is 5.16. The van der Waals surface area contributed by atoms with Gasteiger partial charge in [-0.3, -0.25) is 0 Å². The van der Waals surface area contributed by atoms with Crippen molar-refractivity contribution in [3.05, 3.63) is 53.7 Å². The second kappa shape index (κ2) is 6.27. The SMILES string of the molecule is CSc1cc2c(NCc3ccc(F)cc3)nc(C)nc2cn1. The maximum atomic E-state index is 12.9. The van der Waals surface area contributed by atoms with Crippen LogP contribution in [0.3, 0.4) is 0 Å². The number of thioether (sulfide) groups is 1. The minimum Gasteiger partial charge on any atom is -0.365 e. The molecule has 3 aromatic rings. The van der Waals surface area contributed by atoms with Gasteiger partial charge in [-0.15, -0.1) is 11.8 Å². The topological polar surface area (TPSA) is 50.7 Å². The van der Waals surface area contributed by atoms with Crippen LogP contribution in [0.25, 0.3) is 10.9 Å². The van der Waals surface area contributed by atoms with Crippen molar-refractivity contribution in [3.8, 4) is 0 Å². The van der Waals surface area contributed by atoms with E-state index < -0.39 is 0 Å². The fraction of sp³-hybridized carbons (Fsp3) is 0.188. The lowest BCUT2D eigenvalue weighted by Crippen LogP contribution is -2.04. The van der Waals surface area contributed by atoms with E-state index in [1.165, 1.54) is 12.1 Å².